The smallest absolute Gasteiger partial charge is 0.251 e. The number of carbonyl (C=O) groups is 1. The highest BCUT2D eigenvalue weighted by molar-refractivity contribution is 7.10. The molecular formula is C16H21N3OS. The van der Waals surface area contributed by atoms with Crippen molar-refractivity contribution in [3.8, 4) is 0 Å². The van der Waals surface area contributed by atoms with Gasteiger partial charge in [-0.2, -0.15) is 0 Å². The van der Waals surface area contributed by atoms with Gasteiger partial charge in [0, 0.05) is 23.2 Å². The topological polar surface area (TPSA) is 54.0 Å². The fourth-order valence-electron chi connectivity index (χ4n) is 2.13. The molecule has 0 aliphatic heterocycles. The van der Waals surface area contributed by atoms with Crippen LogP contribution in [0.15, 0.2) is 29.6 Å². The highest BCUT2D eigenvalue weighted by atomic mass is 32.1. The summed E-state index contributed by atoms with van der Waals surface area (Å²) in [5.41, 5.74) is 1.57. The van der Waals surface area contributed by atoms with Crippen LogP contribution >= 0.6 is 11.3 Å². The molecule has 21 heavy (non-hydrogen) atoms. The van der Waals surface area contributed by atoms with Crippen LogP contribution in [0.5, 0.6) is 0 Å². The first-order valence-electron chi connectivity index (χ1n) is 7.20. The monoisotopic (exact) mass is 303 g/mol. The number of thiophene rings is 1. The molecule has 2 aromatic rings. The average Bonchev–Trinajstić information content (AvgIpc) is 3.05. The maximum atomic E-state index is 12.5. The molecule has 2 heterocycles. The van der Waals surface area contributed by atoms with Gasteiger partial charge in [-0.05, 0) is 36.4 Å². The molecule has 2 rings (SSSR count). The summed E-state index contributed by atoms with van der Waals surface area (Å²) in [4.78, 5) is 18.1. The van der Waals surface area contributed by atoms with E-state index in [1.165, 1.54) is 4.88 Å². The molecule has 112 valence electrons. The molecular weight excluding hydrogens is 282 g/mol. The van der Waals surface area contributed by atoms with E-state index in [4.69, 9.17) is 0 Å². The summed E-state index contributed by atoms with van der Waals surface area (Å²) in [7, 11) is 1.81. The molecule has 4 nitrogen and oxygen atoms in total. The van der Waals surface area contributed by atoms with E-state index < -0.39 is 0 Å². The number of nitrogens with one attached hydrogen (secondary N) is 2. The van der Waals surface area contributed by atoms with Gasteiger partial charge < -0.3 is 10.6 Å². The van der Waals surface area contributed by atoms with Crippen LogP contribution in [0.3, 0.4) is 0 Å². The Kier molecular flexibility index (Phi) is 5.33. The second-order valence-electron chi connectivity index (χ2n) is 4.79. The molecule has 0 spiro atoms. The summed E-state index contributed by atoms with van der Waals surface area (Å²) < 4.78 is 0. The first kappa shape index (κ1) is 15.5. The lowest BCUT2D eigenvalue weighted by Gasteiger charge is -2.16. The van der Waals surface area contributed by atoms with Crippen LogP contribution in [0.25, 0.3) is 0 Å². The van der Waals surface area contributed by atoms with Crippen molar-refractivity contribution in [2.45, 2.75) is 32.7 Å². The molecule has 0 bridgehead atoms. The summed E-state index contributed by atoms with van der Waals surface area (Å²) in [5.74, 6) is 0.674. The maximum absolute atomic E-state index is 12.5. The van der Waals surface area contributed by atoms with Gasteiger partial charge in [0.05, 0.1) is 6.04 Å². The first-order valence-corrected chi connectivity index (χ1v) is 8.08. The van der Waals surface area contributed by atoms with Gasteiger partial charge in [-0.1, -0.05) is 19.9 Å². The van der Waals surface area contributed by atoms with E-state index >= 15 is 0 Å². The van der Waals surface area contributed by atoms with E-state index in [0.29, 0.717) is 5.56 Å². The van der Waals surface area contributed by atoms with Crippen molar-refractivity contribution in [1.82, 2.24) is 10.3 Å². The zero-order chi connectivity index (χ0) is 15.2. The van der Waals surface area contributed by atoms with E-state index in [9.17, 15) is 4.79 Å². The lowest BCUT2D eigenvalue weighted by atomic mass is 10.1. The molecule has 1 unspecified atom stereocenters. The minimum absolute atomic E-state index is 0.0520. The molecule has 2 aromatic heterocycles. The van der Waals surface area contributed by atoms with Gasteiger partial charge in [-0.25, -0.2) is 4.98 Å². The van der Waals surface area contributed by atoms with Crippen molar-refractivity contribution >= 4 is 23.1 Å². The Bertz CT molecular complexity index is 573. The van der Waals surface area contributed by atoms with Gasteiger partial charge in [0.15, 0.2) is 0 Å². The third-order valence-electron chi connectivity index (χ3n) is 3.36. The van der Waals surface area contributed by atoms with E-state index in [1.807, 2.05) is 31.5 Å². The maximum Gasteiger partial charge on any atom is 0.251 e. The SMILES string of the molecule is CCc1cc(C(=O)NC(CC)c2cccs2)cc(NC)n1. The molecule has 0 saturated heterocycles. The van der Waals surface area contributed by atoms with Crippen molar-refractivity contribution in [1.29, 1.82) is 0 Å². The van der Waals surface area contributed by atoms with Crippen molar-refractivity contribution < 1.29 is 4.79 Å². The van der Waals surface area contributed by atoms with Crippen LogP contribution in [-0.4, -0.2) is 17.9 Å². The minimum atomic E-state index is -0.0520. The number of hydrogen-bond acceptors (Lipinski definition) is 4. The Hall–Kier alpha value is -1.88. The number of nitrogens with zero attached hydrogens (tertiary/aromatic N) is 1. The Morgan fingerprint density at radius 3 is 2.76 bits per heavy atom. The van der Waals surface area contributed by atoms with Crippen LogP contribution < -0.4 is 10.6 Å². The number of pyridine rings is 1. The summed E-state index contributed by atoms with van der Waals surface area (Å²) in [5, 5.41) is 8.14. The number of carbonyl (C=O) groups excluding carboxylic acids is 1. The van der Waals surface area contributed by atoms with E-state index in [0.717, 1.165) is 24.4 Å². The molecule has 0 fully saturated rings. The fraction of sp³-hybridized carbons (Fsp3) is 0.375. The second-order valence-corrected chi connectivity index (χ2v) is 5.76. The van der Waals surface area contributed by atoms with Gasteiger partial charge in [0.25, 0.3) is 5.91 Å². The zero-order valence-corrected chi connectivity index (χ0v) is 13.5. The van der Waals surface area contributed by atoms with Crippen LogP contribution in [0.2, 0.25) is 0 Å². The molecule has 0 aliphatic carbocycles. The van der Waals surface area contributed by atoms with Crippen molar-refractivity contribution in [2.75, 3.05) is 12.4 Å². The normalized spacial score (nSPS) is 12.0. The lowest BCUT2D eigenvalue weighted by Crippen LogP contribution is -2.27. The van der Waals surface area contributed by atoms with Crippen molar-refractivity contribution in [2.24, 2.45) is 0 Å². The van der Waals surface area contributed by atoms with Gasteiger partial charge in [-0.3, -0.25) is 4.79 Å². The number of anilines is 1. The molecule has 1 amide bonds. The standard InChI is InChI=1S/C16H21N3OS/c1-4-12-9-11(10-15(17-3)18-12)16(20)19-13(5-2)14-7-6-8-21-14/h6-10,13H,4-5H2,1-3H3,(H,17,18)(H,19,20). The molecule has 2 N–H and O–H groups in total. The molecule has 0 radical (unpaired) electrons. The molecule has 0 aromatic carbocycles. The largest absolute Gasteiger partial charge is 0.373 e. The predicted molar refractivity (Wildman–Crippen MR) is 88.0 cm³/mol. The quantitative estimate of drug-likeness (QED) is 0.857. The van der Waals surface area contributed by atoms with Crippen molar-refractivity contribution in [3.05, 3.63) is 45.8 Å². The molecule has 0 aliphatic rings. The number of rotatable bonds is 6. The van der Waals surface area contributed by atoms with E-state index in [1.54, 1.807) is 17.4 Å². The van der Waals surface area contributed by atoms with Gasteiger partial charge >= 0.3 is 0 Å². The summed E-state index contributed by atoms with van der Waals surface area (Å²) in [6.45, 7) is 4.11. The van der Waals surface area contributed by atoms with E-state index in [-0.39, 0.29) is 11.9 Å². The summed E-state index contributed by atoms with van der Waals surface area (Å²) in [6.07, 6.45) is 1.68. The Balaban J connectivity index is 2.19. The van der Waals surface area contributed by atoms with Gasteiger partial charge in [0.2, 0.25) is 0 Å². The Morgan fingerprint density at radius 2 is 2.19 bits per heavy atom. The zero-order valence-electron chi connectivity index (χ0n) is 12.6. The minimum Gasteiger partial charge on any atom is -0.373 e. The first-order chi connectivity index (χ1) is 10.2. The van der Waals surface area contributed by atoms with Crippen LogP contribution in [0.4, 0.5) is 5.82 Å². The number of aryl methyl sites for hydroxylation is 1. The van der Waals surface area contributed by atoms with E-state index in [2.05, 4.69) is 28.6 Å². The van der Waals surface area contributed by atoms with Gasteiger partial charge in [0.1, 0.15) is 5.82 Å². The average molecular weight is 303 g/mol. The highest BCUT2D eigenvalue weighted by Gasteiger charge is 2.16. The lowest BCUT2D eigenvalue weighted by molar-refractivity contribution is 0.0936. The predicted octanol–water partition coefficient (Wildman–Crippen LogP) is 3.63. The van der Waals surface area contributed by atoms with Crippen molar-refractivity contribution in [3.63, 3.8) is 0 Å². The third kappa shape index (κ3) is 3.82. The Labute approximate surface area is 129 Å². The van der Waals surface area contributed by atoms with Crippen LogP contribution in [0.1, 0.15) is 47.2 Å². The van der Waals surface area contributed by atoms with Gasteiger partial charge in [-0.15, -0.1) is 11.3 Å². The Morgan fingerprint density at radius 1 is 1.38 bits per heavy atom. The second kappa shape index (κ2) is 7.22. The molecule has 5 heteroatoms. The number of hydrogen-bond donors (Lipinski definition) is 2. The third-order valence-corrected chi connectivity index (χ3v) is 4.35. The molecule has 1 atom stereocenters. The summed E-state index contributed by atoms with van der Waals surface area (Å²) in [6, 6.07) is 7.78. The number of aromatic nitrogens is 1. The summed E-state index contributed by atoms with van der Waals surface area (Å²) >= 11 is 1.67. The fourth-order valence-corrected chi connectivity index (χ4v) is 2.99. The van der Waals surface area contributed by atoms with Crippen LogP contribution in [0, 0.1) is 0 Å². The highest BCUT2D eigenvalue weighted by Crippen LogP contribution is 2.22. The molecule has 0 saturated carbocycles. The number of amides is 1. The van der Waals surface area contributed by atoms with Crippen LogP contribution in [-0.2, 0) is 6.42 Å².